The van der Waals surface area contributed by atoms with Crippen LogP contribution >= 0.6 is 0 Å². The summed E-state index contributed by atoms with van der Waals surface area (Å²) in [5.74, 6) is -2.17. The summed E-state index contributed by atoms with van der Waals surface area (Å²) >= 11 is 0. The minimum absolute atomic E-state index is 0.0426. The quantitative estimate of drug-likeness (QED) is 0.875. The fourth-order valence-corrected chi connectivity index (χ4v) is 5.15. The average molecular weight is 378 g/mol. The molecule has 1 saturated carbocycles. The van der Waals surface area contributed by atoms with Crippen LogP contribution in [0.5, 0.6) is 0 Å². The monoisotopic (exact) mass is 378 g/mol. The van der Waals surface area contributed by atoms with Gasteiger partial charge in [-0.3, -0.25) is 14.5 Å². The molecule has 146 valence electrons. The molecule has 0 bridgehead atoms. The molecule has 27 heavy (non-hydrogen) atoms. The Morgan fingerprint density at radius 2 is 1.74 bits per heavy atom. The summed E-state index contributed by atoms with van der Waals surface area (Å²) in [7, 11) is 0. The maximum Gasteiger partial charge on any atom is 0.313 e. The first-order valence-corrected chi connectivity index (χ1v) is 9.57. The zero-order chi connectivity index (χ0) is 19.2. The lowest BCUT2D eigenvalue weighted by atomic mass is 9.81. The standard InChI is InChI=1S/C20H24F2N2O3/c21-16-5-13(6-17(22)7-16)8-23-9-15-10-24(12-20(15,11-23)19(26)27)18(25)14-3-1-2-4-14/h5-7,14-15H,1-4,8-12H2,(H,26,27)/t15-,20-/m0/s1. The lowest BCUT2D eigenvalue weighted by Crippen LogP contribution is -2.42. The summed E-state index contributed by atoms with van der Waals surface area (Å²) in [5, 5.41) is 9.93. The van der Waals surface area contributed by atoms with E-state index in [2.05, 4.69) is 0 Å². The third-order valence-corrected chi connectivity index (χ3v) is 6.45. The molecule has 0 radical (unpaired) electrons. The van der Waals surface area contributed by atoms with Gasteiger partial charge in [0, 0.05) is 50.6 Å². The van der Waals surface area contributed by atoms with Gasteiger partial charge >= 0.3 is 5.97 Å². The Balaban J connectivity index is 1.47. The second kappa shape index (κ2) is 6.86. The number of rotatable bonds is 4. The number of benzene rings is 1. The van der Waals surface area contributed by atoms with Crippen LogP contribution in [0.2, 0.25) is 0 Å². The molecule has 0 unspecified atom stereocenters. The highest BCUT2D eigenvalue weighted by atomic mass is 19.1. The van der Waals surface area contributed by atoms with Gasteiger partial charge in [-0.1, -0.05) is 12.8 Å². The third-order valence-electron chi connectivity index (χ3n) is 6.45. The molecular weight excluding hydrogens is 354 g/mol. The van der Waals surface area contributed by atoms with E-state index in [9.17, 15) is 23.5 Å². The van der Waals surface area contributed by atoms with Crippen LogP contribution in [0, 0.1) is 28.9 Å². The lowest BCUT2D eigenvalue weighted by Gasteiger charge is -2.27. The summed E-state index contributed by atoms with van der Waals surface area (Å²) in [4.78, 5) is 28.5. The normalized spacial score (nSPS) is 28.7. The predicted octanol–water partition coefficient (Wildman–Crippen LogP) is 2.50. The minimum atomic E-state index is -0.986. The number of carboxylic acids is 1. The molecule has 1 amide bonds. The zero-order valence-electron chi connectivity index (χ0n) is 15.2. The highest BCUT2D eigenvalue weighted by molar-refractivity contribution is 5.83. The molecule has 3 fully saturated rings. The molecule has 0 aromatic heterocycles. The van der Waals surface area contributed by atoms with Gasteiger partial charge in [-0.2, -0.15) is 0 Å². The average Bonchev–Trinajstić information content (AvgIpc) is 3.27. The Morgan fingerprint density at radius 3 is 2.33 bits per heavy atom. The second-order valence-corrected chi connectivity index (χ2v) is 8.31. The number of carbonyl (C=O) groups excluding carboxylic acids is 1. The first-order chi connectivity index (χ1) is 12.9. The minimum Gasteiger partial charge on any atom is -0.481 e. The van der Waals surface area contributed by atoms with Gasteiger partial charge in [-0.25, -0.2) is 8.78 Å². The van der Waals surface area contributed by atoms with Crippen LogP contribution in [0.3, 0.4) is 0 Å². The van der Waals surface area contributed by atoms with E-state index in [1.165, 1.54) is 12.1 Å². The van der Waals surface area contributed by atoms with Crippen molar-refractivity contribution in [1.29, 1.82) is 0 Å². The number of aliphatic carboxylic acids is 1. The van der Waals surface area contributed by atoms with Crippen LogP contribution in [0.15, 0.2) is 18.2 Å². The molecule has 3 aliphatic rings. The first kappa shape index (κ1) is 18.3. The summed E-state index contributed by atoms with van der Waals surface area (Å²) in [6, 6.07) is 3.38. The Morgan fingerprint density at radius 1 is 1.07 bits per heavy atom. The number of nitrogens with zero attached hydrogens (tertiary/aromatic N) is 2. The van der Waals surface area contributed by atoms with Crippen LogP contribution in [-0.2, 0) is 16.1 Å². The van der Waals surface area contributed by atoms with Crippen LogP contribution in [-0.4, -0.2) is 53.0 Å². The van der Waals surface area contributed by atoms with Crippen molar-refractivity contribution in [2.24, 2.45) is 17.3 Å². The molecule has 1 aromatic carbocycles. The SMILES string of the molecule is O=C(C1CCCC1)N1C[C@@H]2CN(Cc3cc(F)cc(F)c3)C[C@]2(C(=O)O)C1. The van der Waals surface area contributed by atoms with Gasteiger partial charge in [-0.05, 0) is 30.5 Å². The van der Waals surface area contributed by atoms with Gasteiger partial charge in [0.05, 0.1) is 0 Å². The number of carbonyl (C=O) groups is 2. The zero-order valence-corrected chi connectivity index (χ0v) is 15.2. The molecule has 0 spiro atoms. The number of halogens is 2. The van der Waals surface area contributed by atoms with Gasteiger partial charge in [0.1, 0.15) is 17.0 Å². The highest BCUT2D eigenvalue weighted by Crippen LogP contribution is 2.44. The van der Waals surface area contributed by atoms with Crippen LogP contribution in [0.4, 0.5) is 8.78 Å². The molecule has 1 N–H and O–H groups in total. The summed E-state index contributed by atoms with van der Waals surface area (Å²) in [6.07, 6.45) is 3.93. The van der Waals surface area contributed by atoms with Gasteiger partial charge in [0.2, 0.25) is 5.91 Å². The fourth-order valence-electron chi connectivity index (χ4n) is 5.15. The van der Waals surface area contributed by atoms with Gasteiger partial charge in [0.25, 0.3) is 0 Å². The molecule has 2 saturated heterocycles. The van der Waals surface area contributed by atoms with Crippen molar-refractivity contribution in [1.82, 2.24) is 9.80 Å². The van der Waals surface area contributed by atoms with Crippen LogP contribution in [0.1, 0.15) is 31.2 Å². The predicted molar refractivity (Wildman–Crippen MR) is 93.7 cm³/mol. The number of fused-ring (bicyclic) bond motifs is 1. The van der Waals surface area contributed by atoms with E-state index >= 15 is 0 Å². The third kappa shape index (κ3) is 3.33. The summed E-state index contributed by atoms with van der Waals surface area (Å²) < 4.78 is 26.9. The second-order valence-electron chi connectivity index (χ2n) is 8.31. The molecule has 7 heteroatoms. The van der Waals surface area contributed by atoms with E-state index in [4.69, 9.17) is 0 Å². The van der Waals surface area contributed by atoms with Crippen molar-refractivity contribution in [3.8, 4) is 0 Å². The number of likely N-dealkylation sites (tertiary alicyclic amines) is 2. The number of amides is 1. The number of carboxylic acid groups (broad SMARTS) is 1. The molecule has 2 aliphatic heterocycles. The topological polar surface area (TPSA) is 60.9 Å². The van der Waals surface area contributed by atoms with Crippen molar-refractivity contribution in [2.45, 2.75) is 32.2 Å². The largest absolute Gasteiger partial charge is 0.481 e. The maximum absolute atomic E-state index is 13.4. The maximum atomic E-state index is 13.4. The Bertz CT molecular complexity index is 745. The van der Waals surface area contributed by atoms with Crippen molar-refractivity contribution in [3.05, 3.63) is 35.4 Å². The molecule has 1 aliphatic carbocycles. The van der Waals surface area contributed by atoms with Gasteiger partial charge in [0.15, 0.2) is 0 Å². The van der Waals surface area contributed by atoms with Gasteiger partial charge in [-0.15, -0.1) is 0 Å². The van der Waals surface area contributed by atoms with Crippen molar-refractivity contribution in [2.75, 3.05) is 26.2 Å². The van der Waals surface area contributed by atoms with E-state index in [0.717, 1.165) is 31.7 Å². The number of hydrogen-bond acceptors (Lipinski definition) is 3. The van der Waals surface area contributed by atoms with E-state index in [-0.39, 0.29) is 24.3 Å². The molecule has 1 aromatic rings. The van der Waals surface area contributed by atoms with Crippen molar-refractivity contribution >= 4 is 11.9 Å². The van der Waals surface area contributed by atoms with Crippen LogP contribution < -0.4 is 0 Å². The molecule has 2 heterocycles. The van der Waals surface area contributed by atoms with Crippen LogP contribution in [0.25, 0.3) is 0 Å². The van der Waals surface area contributed by atoms with E-state index in [0.29, 0.717) is 31.7 Å². The van der Waals surface area contributed by atoms with E-state index in [1.807, 2.05) is 4.90 Å². The Labute approximate surface area is 156 Å². The summed E-state index contributed by atoms with van der Waals surface area (Å²) in [6.45, 7) is 1.79. The number of hydrogen-bond donors (Lipinski definition) is 1. The Hall–Kier alpha value is -2.02. The molecular formula is C20H24F2N2O3. The molecule has 4 rings (SSSR count). The highest BCUT2D eigenvalue weighted by Gasteiger charge is 2.58. The lowest BCUT2D eigenvalue weighted by molar-refractivity contribution is -0.149. The fraction of sp³-hybridized carbons (Fsp3) is 0.600. The summed E-state index contributed by atoms with van der Waals surface area (Å²) in [5.41, 5.74) is -0.493. The van der Waals surface area contributed by atoms with E-state index in [1.54, 1.807) is 4.90 Å². The Kier molecular flexibility index (Phi) is 4.66. The van der Waals surface area contributed by atoms with E-state index < -0.39 is 23.0 Å². The molecule has 2 atom stereocenters. The van der Waals surface area contributed by atoms with Gasteiger partial charge < -0.3 is 10.0 Å². The molecule has 5 nitrogen and oxygen atoms in total. The smallest absolute Gasteiger partial charge is 0.313 e. The first-order valence-electron chi connectivity index (χ1n) is 9.57. The van der Waals surface area contributed by atoms with Crippen molar-refractivity contribution < 1.29 is 23.5 Å². The van der Waals surface area contributed by atoms with Crippen molar-refractivity contribution in [3.63, 3.8) is 0 Å².